The third-order valence-electron chi connectivity index (χ3n) is 5.71. The van der Waals surface area contributed by atoms with Crippen molar-refractivity contribution in [1.29, 1.82) is 0 Å². The van der Waals surface area contributed by atoms with E-state index in [1.807, 2.05) is 61.5 Å². The molecule has 0 aromatic heterocycles. The van der Waals surface area contributed by atoms with Crippen LogP contribution < -0.4 is 14.8 Å². The highest BCUT2D eigenvalue weighted by molar-refractivity contribution is 5.91. The summed E-state index contributed by atoms with van der Waals surface area (Å²) in [5.41, 5.74) is 1.99. The zero-order valence-electron chi connectivity index (χ0n) is 18.2. The van der Waals surface area contributed by atoms with Gasteiger partial charge in [0.05, 0.1) is 0 Å². The van der Waals surface area contributed by atoms with Crippen LogP contribution in [0.2, 0.25) is 0 Å². The second-order valence-electron chi connectivity index (χ2n) is 7.81. The van der Waals surface area contributed by atoms with E-state index in [0.717, 1.165) is 11.1 Å². The summed E-state index contributed by atoms with van der Waals surface area (Å²) in [6.07, 6.45) is 2.57. The predicted octanol–water partition coefficient (Wildman–Crippen LogP) is 3.48. The maximum Gasteiger partial charge on any atom is 0.286 e. The molecule has 3 atom stereocenters. The molecule has 2 aliphatic heterocycles. The number of hydrogen-bond donors (Lipinski definition) is 2. The first-order valence-corrected chi connectivity index (χ1v) is 11.0. The van der Waals surface area contributed by atoms with Gasteiger partial charge in [0.1, 0.15) is 0 Å². The highest BCUT2D eigenvalue weighted by Gasteiger charge is 2.38. The Labute approximate surface area is 187 Å². The summed E-state index contributed by atoms with van der Waals surface area (Å²) in [5, 5.41) is 12.3. The van der Waals surface area contributed by atoms with Crippen LogP contribution in [-0.2, 0) is 20.8 Å². The first kappa shape index (κ1) is 22.2. The van der Waals surface area contributed by atoms with Gasteiger partial charge in [-0.05, 0) is 49.1 Å². The van der Waals surface area contributed by atoms with E-state index < -0.39 is 6.29 Å². The number of nitrogens with one attached hydrogen (secondary N) is 1. The molecule has 0 fully saturated rings. The minimum atomic E-state index is -0.593. The van der Waals surface area contributed by atoms with Gasteiger partial charge in [0.25, 0.3) is 5.91 Å². The van der Waals surface area contributed by atoms with Gasteiger partial charge in [-0.2, -0.15) is 0 Å². The average molecular weight is 440 g/mol. The van der Waals surface area contributed by atoms with E-state index in [2.05, 4.69) is 5.32 Å². The number of rotatable bonds is 9. The molecule has 0 unspecified atom stereocenters. The molecule has 0 bridgehead atoms. The van der Waals surface area contributed by atoms with Crippen LogP contribution in [0, 0.1) is 5.92 Å². The molecule has 0 saturated carbocycles. The smallest absolute Gasteiger partial charge is 0.286 e. The van der Waals surface area contributed by atoms with Crippen LogP contribution in [0.1, 0.15) is 36.8 Å². The van der Waals surface area contributed by atoms with E-state index in [1.54, 1.807) is 0 Å². The van der Waals surface area contributed by atoms with Crippen LogP contribution in [0.5, 0.6) is 11.5 Å². The molecule has 1 amide bonds. The van der Waals surface area contributed by atoms with Gasteiger partial charge >= 0.3 is 0 Å². The molecule has 0 spiro atoms. The fourth-order valence-electron chi connectivity index (χ4n) is 4.13. The molecule has 2 aliphatic rings. The Morgan fingerprint density at radius 2 is 1.97 bits per heavy atom. The predicted molar refractivity (Wildman–Crippen MR) is 118 cm³/mol. The zero-order valence-corrected chi connectivity index (χ0v) is 18.2. The molecule has 7 nitrogen and oxygen atoms in total. The van der Waals surface area contributed by atoms with Gasteiger partial charge in [0.15, 0.2) is 17.3 Å². The number of amides is 1. The van der Waals surface area contributed by atoms with E-state index >= 15 is 0 Å². The lowest BCUT2D eigenvalue weighted by Gasteiger charge is -2.37. The maximum absolute atomic E-state index is 13.0. The zero-order chi connectivity index (χ0) is 22.3. The number of benzene rings is 2. The van der Waals surface area contributed by atoms with Crippen molar-refractivity contribution in [3.63, 3.8) is 0 Å². The van der Waals surface area contributed by atoms with E-state index in [-0.39, 0.29) is 36.9 Å². The minimum Gasteiger partial charge on any atom is -0.459 e. The highest BCUT2D eigenvalue weighted by atomic mass is 16.7. The molecule has 32 heavy (non-hydrogen) atoms. The Kier molecular flexibility index (Phi) is 7.29. The lowest BCUT2D eigenvalue weighted by molar-refractivity contribution is -0.166. The second-order valence-corrected chi connectivity index (χ2v) is 7.81. The molecule has 2 heterocycles. The van der Waals surface area contributed by atoms with Crippen LogP contribution in [0.3, 0.4) is 0 Å². The van der Waals surface area contributed by atoms with E-state index in [4.69, 9.17) is 18.9 Å². The lowest BCUT2D eigenvalue weighted by Crippen LogP contribution is -2.39. The normalized spacial score (nSPS) is 21.6. The van der Waals surface area contributed by atoms with Crippen LogP contribution in [-0.4, -0.2) is 37.3 Å². The van der Waals surface area contributed by atoms with Crippen LogP contribution >= 0.6 is 0 Å². The fraction of sp³-hybridized carbons (Fsp3) is 0.400. The van der Waals surface area contributed by atoms with Gasteiger partial charge in [-0.1, -0.05) is 36.4 Å². The van der Waals surface area contributed by atoms with Crippen molar-refractivity contribution < 1.29 is 28.8 Å². The molecular weight excluding hydrogens is 410 g/mol. The molecule has 0 radical (unpaired) electrons. The summed E-state index contributed by atoms with van der Waals surface area (Å²) < 4.78 is 22.9. The Balaban J connectivity index is 1.61. The quantitative estimate of drug-likeness (QED) is 0.622. The Hall–Kier alpha value is -3.03. The van der Waals surface area contributed by atoms with Crippen LogP contribution in [0.4, 0.5) is 0 Å². The van der Waals surface area contributed by atoms with Gasteiger partial charge in [-0.3, -0.25) is 4.79 Å². The third-order valence-corrected chi connectivity index (χ3v) is 5.71. The van der Waals surface area contributed by atoms with Gasteiger partial charge in [-0.25, -0.2) is 0 Å². The van der Waals surface area contributed by atoms with Crippen molar-refractivity contribution in [3.8, 4) is 11.5 Å². The largest absolute Gasteiger partial charge is 0.459 e. The minimum absolute atomic E-state index is 0.0619. The Morgan fingerprint density at radius 1 is 1.16 bits per heavy atom. The second kappa shape index (κ2) is 10.5. The first-order chi connectivity index (χ1) is 15.7. The van der Waals surface area contributed by atoms with Crippen molar-refractivity contribution in [1.82, 2.24) is 5.32 Å². The van der Waals surface area contributed by atoms with Crippen LogP contribution in [0.15, 0.2) is 60.4 Å². The number of aliphatic hydroxyl groups is 1. The monoisotopic (exact) mass is 439 g/mol. The summed E-state index contributed by atoms with van der Waals surface area (Å²) in [6.45, 7) is 3.03. The SMILES string of the molecule is CCO[C@H]1OC(C(=O)NCc2ccccc2)=C[C@@H](c2ccc3c(c2)OCO3)[C@@H]1CCCO. The van der Waals surface area contributed by atoms with Crippen molar-refractivity contribution >= 4 is 5.91 Å². The summed E-state index contributed by atoms with van der Waals surface area (Å²) in [5.74, 6) is 1.14. The summed E-state index contributed by atoms with van der Waals surface area (Å²) in [7, 11) is 0. The first-order valence-electron chi connectivity index (χ1n) is 11.0. The van der Waals surface area contributed by atoms with Gasteiger partial charge < -0.3 is 29.4 Å². The molecule has 4 rings (SSSR count). The molecular formula is C25H29NO6. The standard InChI is InChI=1S/C25H29NO6/c1-2-29-25-19(9-6-12-27)20(18-10-11-21-22(13-18)31-16-30-21)14-23(32-25)24(28)26-15-17-7-4-3-5-8-17/h3-5,7-8,10-11,13-14,19-20,25,27H,2,6,9,12,15-16H2,1H3,(H,26,28)/t19-,20-,25-/m0/s1. The number of allylic oxidation sites excluding steroid dienone is 1. The molecule has 0 saturated heterocycles. The van der Waals surface area contributed by atoms with Crippen LogP contribution in [0.25, 0.3) is 0 Å². The molecule has 2 N–H and O–H groups in total. The Bertz CT molecular complexity index is 945. The maximum atomic E-state index is 13.0. The van der Waals surface area contributed by atoms with Crippen molar-refractivity contribution in [2.45, 2.75) is 38.5 Å². The average Bonchev–Trinajstić information content (AvgIpc) is 3.30. The third kappa shape index (κ3) is 5.06. The van der Waals surface area contributed by atoms with E-state index in [9.17, 15) is 9.90 Å². The van der Waals surface area contributed by atoms with Crippen molar-refractivity contribution in [2.75, 3.05) is 20.0 Å². The van der Waals surface area contributed by atoms with Gasteiger partial charge in [0, 0.05) is 31.6 Å². The summed E-state index contributed by atoms with van der Waals surface area (Å²) in [4.78, 5) is 13.0. The van der Waals surface area contributed by atoms with E-state index in [1.165, 1.54) is 0 Å². The number of fused-ring (bicyclic) bond motifs is 1. The van der Waals surface area contributed by atoms with Gasteiger partial charge in [-0.15, -0.1) is 0 Å². The number of carbonyl (C=O) groups is 1. The highest BCUT2D eigenvalue weighted by Crippen LogP contribution is 2.42. The Morgan fingerprint density at radius 3 is 2.75 bits per heavy atom. The molecule has 170 valence electrons. The molecule has 7 heteroatoms. The van der Waals surface area contributed by atoms with Gasteiger partial charge in [0.2, 0.25) is 13.1 Å². The number of aliphatic hydroxyl groups excluding tert-OH is 1. The van der Waals surface area contributed by atoms with E-state index in [0.29, 0.717) is 37.5 Å². The lowest BCUT2D eigenvalue weighted by atomic mass is 9.80. The number of carbonyl (C=O) groups excluding carboxylic acids is 1. The molecule has 2 aromatic rings. The number of ether oxygens (including phenoxy) is 4. The number of hydrogen-bond acceptors (Lipinski definition) is 6. The van der Waals surface area contributed by atoms with Crippen molar-refractivity contribution in [3.05, 3.63) is 71.5 Å². The fourth-order valence-corrected chi connectivity index (χ4v) is 4.13. The molecule has 2 aromatic carbocycles. The summed E-state index contributed by atoms with van der Waals surface area (Å²) >= 11 is 0. The van der Waals surface area contributed by atoms with Crippen molar-refractivity contribution in [2.24, 2.45) is 5.92 Å². The molecule has 0 aliphatic carbocycles. The summed E-state index contributed by atoms with van der Waals surface area (Å²) in [6, 6.07) is 15.5. The topological polar surface area (TPSA) is 86.3 Å².